The Morgan fingerprint density at radius 1 is 1.50 bits per heavy atom. The molecule has 1 aromatic rings. The number of nitrogens with two attached hydrogens (primary N) is 1. The molecule has 2 N–H and O–H groups in total. The van der Waals surface area contributed by atoms with E-state index in [-0.39, 0.29) is 5.54 Å². The number of aromatic nitrogens is 1. The van der Waals surface area contributed by atoms with Crippen molar-refractivity contribution in [2.45, 2.75) is 19.4 Å². The van der Waals surface area contributed by atoms with Crippen LogP contribution in [0.2, 0.25) is 0 Å². The molecule has 2 heteroatoms. The summed E-state index contributed by atoms with van der Waals surface area (Å²) >= 11 is 0. The Morgan fingerprint density at radius 3 is 2.50 bits per heavy atom. The number of hydrogen-bond acceptors (Lipinski definition) is 2. The van der Waals surface area contributed by atoms with Gasteiger partial charge in [-0.3, -0.25) is 4.98 Å². The van der Waals surface area contributed by atoms with E-state index in [4.69, 9.17) is 5.73 Å². The molecule has 0 radical (unpaired) electrons. The SMILES string of the molecule is C=Cc1ccc(C(C)(C)N)cn1. The second-order valence-electron chi connectivity index (χ2n) is 3.40. The van der Waals surface area contributed by atoms with E-state index in [1.54, 1.807) is 12.3 Å². The van der Waals surface area contributed by atoms with Gasteiger partial charge in [-0.2, -0.15) is 0 Å². The van der Waals surface area contributed by atoms with Crippen LogP contribution in [-0.2, 0) is 5.54 Å². The van der Waals surface area contributed by atoms with Crippen LogP contribution in [0.4, 0.5) is 0 Å². The molecule has 0 bridgehead atoms. The number of nitrogens with zero attached hydrogens (tertiary/aromatic N) is 1. The maximum absolute atomic E-state index is 5.88. The minimum absolute atomic E-state index is 0.313. The molecule has 0 aromatic carbocycles. The Kier molecular flexibility index (Phi) is 2.29. The monoisotopic (exact) mass is 162 g/mol. The van der Waals surface area contributed by atoms with Gasteiger partial charge in [0.1, 0.15) is 0 Å². The topological polar surface area (TPSA) is 38.9 Å². The molecule has 0 amide bonds. The molecule has 1 rings (SSSR count). The Hall–Kier alpha value is -1.15. The zero-order chi connectivity index (χ0) is 9.19. The third-order valence-electron chi connectivity index (χ3n) is 1.74. The van der Waals surface area contributed by atoms with E-state index in [2.05, 4.69) is 11.6 Å². The number of hydrogen-bond donors (Lipinski definition) is 1. The predicted octanol–water partition coefficient (Wildman–Crippen LogP) is 1.92. The van der Waals surface area contributed by atoms with Gasteiger partial charge in [0.15, 0.2) is 0 Å². The van der Waals surface area contributed by atoms with E-state index < -0.39 is 0 Å². The Morgan fingerprint density at radius 2 is 2.17 bits per heavy atom. The molecule has 0 spiro atoms. The summed E-state index contributed by atoms with van der Waals surface area (Å²) in [6, 6.07) is 3.89. The zero-order valence-electron chi connectivity index (χ0n) is 7.54. The van der Waals surface area contributed by atoms with Crippen molar-refractivity contribution in [3.8, 4) is 0 Å². The molecular formula is C10H14N2. The van der Waals surface area contributed by atoms with E-state index in [1.807, 2.05) is 26.0 Å². The van der Waals surface area contributed by atoms with Gasteiger partial charge in [0.05, 0.1) is 5.69 Å². The fourth-order valence-corrected chi connectivity index (χ4v) is 0.907. The maximum atomic E-state index is 5.88. The Balaban J connectivity index is 3.00. The molecule has 0 unspecified atom stereocenters. The second kappa shape index (κ2) is 3.07. The van der Waals surface area contributed by atoms with E-state index in [0.29, 0.717) is 0 Å². The van der Waals surface area contributed by atoms with Crippen molar-refractivity contribution in [2.24, 2.45) is 5.73 Å². The van der Waals surface area contributed by atoms with E-state index >= 15 is 0 Å². The Labute approximate surface area is 73.1 Å². The third-order valence-corrected chi connectivity index (χ3v) is 1.74. The van der Waals surface area contributed by atoms with Crippen LogP contribution < -0.4 is 5.73 Å². The molecule has 0 aliphatic heterocycles. The van der Waals surface area contributed by atoms with Crippen LogP contribution in [-0.4, -0.2) is 4.98 Å². The predicted molar refractivity (Wildman–Crippen MR) is 51.5 cm³/mol. The van der Waals surface area contributed by atoms with Gasteiger partial charge in [0.2, 0.25) is 0 Å². The fourth-order valence-electron chi connectivity index (χ4n) is 0.907. The fraction of sp³-hybridized carbons (Fsp3) is 0.300. The summed E-state index contributed by atoms with van der Waals surface area (Å²) in [5.74, 6) is 0. The maximum Gasteiger partial charge on any atom is 0.0623 e. The summed E-state index contributed by atoms with van der Waals surface area (Å²) in [5, 5.41) is 0. The number of pyridine rings is 1. The van der Waals surface area contributed by atoms with Crippen molar-refractivity contribution in [1.82, 2.24) is 4.98 Å². The quantitative estimate of drug-likeness (QED) is 0.721. The molecule has 0 atom stereocenters. The largest absolute Gasteiger partial charge is 0.322 e. The molecule has 1 aromatic heterocycles. The van der Waals surface area contributed by atoms with E-state index in [0.717, 1.165) is 11.3 Å². The van der Waals surface area contributed by atoms with Crippen molar-refractivity contribution in [3.05, 3.63) is 36.2 Å². The summed E-state index contributed by atoms with van der Waals surface area (Å²) in [6.07, 6.45) is 3.50. The van der Waals surface area contributed by atoms with Crippen LogP contribution >= 0.6 is 0 Å². The minimum atomic E-state index is -0.313. The van der Waals surface area contributed by atoms with Gasteiger partial charge in [-0.05, 0) is 31.6 Å². The summed E-state index contributed by atoms with van der Waals surface area (Å²) < 4.78 is 0. The van der Waals surface area contributed by atoms with Gasteiger partial charge >= 0.3 is 0 Å². The number of rotatable bonds is 2. The third kappa shape index (κ3) is 1.92. The normalized spacial score (nSPS) is 11.2. The van der Waals surface area contributed by atoms with E-state index in [9.17, 15) is 0 Å². The summed E-state index contributed by atoms with van der Waals surface area (Å²) in [4.78, 5) is 4.17. The molecule has 0 aliphatic rings. The van der Waals surface area contributed by atoms with Gasteiger partial charge in [0.25, 0.3) is 0 Å². The molecule has 0 saturated carbocycles. The molecular weight excluding hydrogens is 148 g/mol. The Bertz CT molecular complexity index is 267. The average molecular weight is 162 g/mol. The first kappa shape index (κ1) is 8.94. The van der Waals surface area contributed by atoms with Crippen molar-refractivity contribution in [1.29, 1.82) is 0 Å². The first-order valence-corrected chi connectivity index (χ1v) is 3.92. The van der Waals surface area contributed by atoms with Crippen LogP contribution in [0.3, 0.4) is 0 Å². The van der Waals surface area contributed by atoms with Gasteiger partial charge in [-0.25, -0.2) is 0 Å². The van der Waals surface area contributed by atoms with Crippen LogP contribution in [0, 0.1) is 0 Å². The lowest BCUT2D eigenvalue weighted by Gasteiger charge is -2.18. The van der Waals surface area contributed by atoms with E-state index in [1.165, 1.54) is 0 Å². The molecule has 1 heterocycles. The second-order valence-corrected chi connectivity index (χ2v) is 3.40. The molecule has 12 heavy (non-hydrogen) atoms. The summed E-state index contributed by atoms with van der Waals surface area (Å²) in [5.41, 5.74) is 7.48. The lowest BCUT2D eigenvalue weighted by atomic mass is 9.97. The zero-order valence-corrected chi connectivity index (χ0v) is 7.54. The highest BCUT2D eigenvalue weighted by molar-refractivity contribution is 5.41. The van der Waals surface area contributed by atoms with Gasteiger partial charge in [-0.1, -0.05) is 12.6 Å². The highest BCUT2D eigenvalue weighted by Crippen LogP contribution is 2.15. The van der Waals surface area contributed by atoms with Crippen LogP contribution in [0.1, 0.15) is 25.1 Å². The first-order valence-electron chi connectivity index (χ1n) is 3.92. The van der Waals surface area contributed by atoms with Crippen molar-refractivity contribution in [2.75, 3.05) is 0 Å². The van der Waals surface area contributed by atoms with Crippen LogP contribution in [0.25, 0.3) is 6.08 Å². The van der Waals surface area contributed by atoms with Crippen molar-refractivity contribution >= 4 is 6.08 Å². The molecule has 64 valence electrons. The molecule has 0 aliphatic carbocycles. The summed E-state index contributed by atoms with van der Waals surface area (Å²) in [7, 11) is 0. The highest BCUT2D eigenvalue weighted by Gasteiger charge is 2.13. The smallest absolute Gasteiger partial charge is 0.0623 e. The highest BCUT2D eigenvalue weighted by atomic mass is 14.7. The average Bonchev–Trinajstić information content (AvgIpc) is 2.03. The van der Waals surface area contributed by atoms with Gasteiger partial charge in [-0.15, -0.1) is 0 Å². The lowest BCUT2D eigenvalue weighted by molar-refractivity contribution is 0.552. The minimum Gasteiger partial charge on any atom is -0.322 e. The van der Waals surface area contributed by atoms with Crippen molar-refractivity contribution in [3.63, 3.8) is 0 Å². The van der Waals surface area contributed by atoms with Crippen molar-refractivity contribution < 1.29 is 0 Å². The van der Waals surface area contributed by atoms with Gasteiger partial charge < -0.3 is 5.73 Å². The van der Waals surface area contributed by atoms with Crippen LogP contribution in [0.5, 0.6) is 0 Å². The first-order chi connectivity index (χ1) is 5.54. The summed E-state index contributed by atoms with van der Waals surface area (Å²) in [6.45, 7) is 7.54. The molecule has 0 fully saturated rings. The molecule has 0 saturated heterocycles. The standard InChI is InChI=1S/C10H14N2/c1-4-9-6-5-8(7-12-9)10(2,3)11/h4-7H,1,11H2,2-3H3. The van der Waals surface area contributed by atoms with Gasteiger partial charge in [0, 0.05) is 11.7 Å². The van der Waals surface area contributed by atoms with Crippen LogP contribution in [0.15, 0.2) is 24.9 Å². The lowest BCUT2D eigenvalue weighted by Crippen LogP contribution is -2.28. The molecule has 2 nitrogen and oxygen atoms in total.